The molecule has 0 atom stereocenters. The van der Waals surface area contributed by atoms with E-state index in [1.165, 1.54) is 0 Å². The number of benzene rings is 1. The first kappa shape index (κ1) is 11.7. The molecule has 0 aliphatic rings. The fraction of sp³-hybridized carbons (Fsp3) is 0. The monoisotopic (exact) mass is 272 g/mol. The van der Waals surface area contributed by atoms with E-state index in [1.54, 1.807) is 24.5 Å². The molecule has 2 heterocycles. The first-order chi connectivity index (χ1) is 9.31. The smallest absolute Gasteiger partial charge is 0.315 e. The van der Waals surface area contributed by atoms with Crippen LogP contribution >= 0.6 is 11.6 Å². The molecule has 0 bridgehead atoms. The second kappa shape index (κ2) is 5.07. The minimum absolute atomic E-state index is 0.307. The molecule has 0 saturated carbocycles. The number of hydrogen-bond acceptors (Lipinski definition) is 5. The highest BCUT2D eigenvalue weighted by atomic mass is 35.5. The van der Waals surface area contributed by atoms with Gasteiger partial charge in [-0.25, -0.2) is 0 Å². The van der Waals surface area contributed by atoms with Crippen molar-refractivity contribution in [1.29, 1.82) is 0 Å². The Morgan fingerprint density at radius 2 is 2.11 bits per heavy atom. The first-order valence-electron chi connectivity index (χ1n) is 5.58. The molecule has 0 aliphatic carbocycles. The van der Waals surface area contributed by atoms with Crippen molar-refractivity contribution in [1.82, 2.24) is 15.1 Å². The van der Waals surface area contributed by atoms with E-state index < -0.39 is 0 Å². The number of anilines is 2. The van der Waals surface area contributed by atoms with E-state index in [0.717, 1.165) is 11.3 Å². The predicted molar refractivity (Wildman–Crippen MR) is 72.3 cm³/mol. The zero-order valence-electron chi connectivity index (χ0n) is 9.75. The van der Waals surface area contributed by atoms with Gasteiger partial charge in [0.2, 0.25) is 5.82 Å². The van der Waals surface area contributed by atoms with E-state index >= 15 is 0 Å². The number of pyridine rings is 1. The van der Waals surface area contributed by atoms with Crippen molar-refractivity contribution < 1.29 is 4.52 Å². The fourth-order valence-electron chi connectivity index (χ4n) is 1.58. The number of aromatic nitrogens is 3. The molecule has 19 heavy (non-hydrogen) atoms. The zero-order chi connectivity index (χ0) is 13.1. The summed E-state index contributed by atoms with van der Waals surface area (Å²) in [6, 6.07) is 11.2. The van der Waals surface area contributed by atoms with E-state index in [1.807, 2.05) is 24.3 Å². The summed E-state index contributed by atoms with van der Waals surface area (Å²) in [5.74, 6) is 0.484. The minimum Gasteiger partial charge on any atom is -0.315 e. The Balaban J connectivity index is 1.82. The summed E-state index contributed by atoms with van der Waals surface area (Å²) in [5.41, 5.74) is 1.58. The van der Waals surface area contributed by atoms with Gasteiger partial charge in [-0.2, -0.15) is 4.98 Å². The minimum atomic E-state index is 0.307. The fourth-order valence-corrected chi connectivity index (χ4v) is 1.77. The van der Waals surface area contributed by atoms with E-state index in [4.69, 9.17) is 16.1 Å². The summed E-state index contributed by atoms with van der Waals surface area (Å²) >= 11 is 5.90. The standard InChI is InChI=1S/C13H9ClN4O/c14-10-4-1-5-11(7-10)16-13-17-12(18-19-13)9-3-2-6-15-8-9/h1-8H,(H,16,17,18). The van der Waals surface area contributed by atoms with Crippen LogP contribution in [-0.2, 0) is 0 Å². The van der Waals surface area contributed by atoms with Crippen LogP contribution < -0.4 is 5.32 Å². The van der Waals surface area contributed by atoms with E-state index in [9.17, 15) is 0 Å². The predicted octanol–water partition coefficient (Wildman–Crippen LogP) is 3.53. The lowest BCUT2D eigenvalue weighted by molar-refractivity contribution is 0.435. The molecule has 1 N–H and O–H groups in total. The number of halogens is 1. The molecular weight excluding hydrogens is 264 g/mol. The molecule has 3 rings (SSSR count). The van der Waals surface area contributed by atoms with Gasteiger partial charge >= 0.3 is 6.01 Å². The maximum absolute atomic E-state index is 5.90. The molecular formula is C13H9ClN4O. The lowest BCUT2D eigenvalue weighted by Gasteiger charge is -1.99. The van der Waals surface area contributed by atoms with Crippen LogP contribution in [0.3, 0.4) is 0 Å². The van der Waals surface area contributed by atoms with Gasteiger partial charge in [0.1, 0.15) is 0 Å². The van der Waals surface area contributed by atoms with Gasteiger partial charge in [-0.15, -0.1) is 0 Å². The number of hydrogen-bond donors (Lipinski definition) is 1. The third kappa shape index (κ3) is 2.71. The zero-order valence-corrected chi connectivity index (χ0v) is 10.5. The second-order valence-corrected chi connectivity index (χ2v) is 4.24. The average Bonchev–Trinajstić information content (AvgIpc) is 2.88. The molecule has 0 spiro atoms. The first-order valence-corrected chi connectivity index (χ1v) is 5.96. The highest BCUT2D eigenvalue weighted by Gasteiger charge is 2.08. The van der Waals surface area contributed by atoms with Crippen molar-refractivity contribution in [2.75, 3.05) is 5.32 Å². The molecule has 0 radical (unpaired) electrons. The molecule has 0 saturated heterocycles. The molecule has 0 unspecified atom stereocenters. The maximum Gasteiger partial charge on any atom is 0.326 e. The maximum atomic E-state index is 5.90. The van der Waals surface area contributed by atoms with E-state index in [0.29, 0.717) is 16.9 Å². The number of nitrogens with one attached hydrogen (secondary N) is 1. The van der Waals surface area contributed by atoms with Crippen LogP contribution in [0.4, 0.5) is 11.7 Å². The van der Waals surface area contributed by atoms with Crippen LogP contribution in [0.5, 0.6) is 0 Å². The second-order valence-electron chi connectivity index (χ2n) is 3.80. The molecule has 94 valence electrons. The van der Waals surface area contributed by atoms with Crippen LogP contribution in [-0.4, -0.2) is 15.1 Å². The highest BCUT2D eigenvalue weighted by Crippen LogP contribution is 2.21. The topological polar surface area (TPSA) is 63.8 Å². The molecule has 0 amide bonds. The third-order valence-electron chi connectivity index (χ3n) is 2.42. The van der Waals surface area contributed by atoms with Crippen LogP contribution in [0.2, 0.25) is 5.02 Å². The molecule has 5 nitrogen and oxygen atoms in total. The van der Waals surface area contributed by atoms with Crippen LogP contribution in [0, 0.1) is 0 Å². The van der Waals surface area contributed by atoms with Gasteiger partial charge in [-0.3, -0.25) is 4.98 Å². The Hall–Kier alpha value is -2.40. The molecule has 6 heteroatoms. The van der Waals surface area contributed by atoms with Gasteiger partial charge in [0.15, 0.2) is 0 Å². The summed E-state index contributed by atoms with van der Waals surface area (Å²) in [6.45, 7) is 0. The summed E-state index contributed by atoms with van der Waals surface area (Å²) in [4.78, 5) is 8.24. The van der Waals surface area contributed by atoms with Crippen LogP contribution in [0.15, 0.2) is 53.3 Å². The van der Waals surface area contributed by atoms with Crippen molar-refractivity contribution in [2.45, 2.75) is 0 Å². The Morgan fingerprint density at radius 1 is 1.16 bits per heavy atom. The van der Waals surface area contributed by atoms with Crippen molar-refractivity contribution in [3.63, 3.8) is 0 Å². The van der Waals surface area contributed by atoms with Gasteiger partial charge in [0.25, 0.3) is 0 Å². The van der Waals surface area contributed by atoms with Crippen molar-refractivity contribution in [3.05, 3.63) is 53.8 Å². The largest absolute Gasteiger partial charge is 0.326 e. The Kier molecular flexibility index (Phi) is 3.12. The van der Waals surface area contributed by atoms with Gasteiger partial charge in [-0.05, 0) is 30.3 Å². The van der Waals surface area contributed by atoms with Crippen LogP contribution in [0.25, 0.3) is 11.4 Å². The molecule has 0 fully saturated rings. The SMILES string of the molecule is Clc1cccc(Nc2nc(-c3cccnc3)no2)c1. The summed E-state index contributed by atoms with van der Waals surface area (Å²) < 4.78 is 5.12. The molecule has 3 aromatic rings. The Morgan fingerprint density at radius 3 is 2.89 bits per heavy atom. The lowest BCUT2D eigenvalue weighted by Crippen LogP contribution is -1.90. The lowest BCUT2D eigenvalue weighted by atomic mass is 10.3. The van der Waals surface area contributed by atoms with Crippen molar-refractivity contribution in [3.8, 4) is 11.4 Å². The normalized spacial score (nSPS) is 10.4. The Labute approximate surface area is 114 Å². The van der Waals surface area contributed by atoms with E-state index in [-0.39, 0.29) is 0 Å². The van der Waals surface area contributed by atoms with Gasteiger partial charge < -0.3 is 9.84 Å². The summed E-state index contributed by atoms with van der Waals surface area (Å²) in [5, 5.41) is 7.51. The van der Waals surface area contributed by atoms with Crippen LogP contribution in [0.1, 0.15) is 0 Å². The van der Waals surface area contributed by atoms with Crippen molar-refractivity contribution >= 4 is 23.3 Å². The van der Waals surface area contributed by atoms with Gasteiger partial charge in [0, 0.05) is 28.7 Å². The average molecular weight is 273 g/mol. The van der Waals surface area contributed by atoms with E-state index in [2.05, 4.69) is 20.4 Å². The molecule has 0 aliphatic heterocycles. The summed E-state index contributed by atoms with van der Waals surface area (Å²) in [6.07, 6.45) is 3.36. The van der Waals surface area contributed by atoms with Crippen molar-refractivity contribution in [2.24, 2.45) is 0 Å². The number of rotatable bonds is 3. The molecule has 1 aromatic carbocycles. The third-order valence-corrected chi connectivity index (χ3v) is 2.66. The molecule has 2 aromatic heterocycles. The summed E-state index contributed by atoms with van der Waals surface area (Å²) in [7, 11) is 0. The highest BCUT2D eigenvalue weighted by molar-refractivity contribution is 6.30. The Bertz CT molecular complexity index is 684. The van der Waals surface area contributed by atoms with Gasteiger partial charge in [0.05, 0.1) is 0 Å². The van der Waals surface area contributed by atoms with Gasteiger partial charge in [-0.1, -0.05) is 22.8 Å². The number of nitrogens with zero attached hydrogens (tertiary/aromatic N) is 3. The quantitative estimate of drug-likeness (QED) is 0.790.